The third kappa shape index (κ3) is 5.10. The lowest BCUT2D eigenvalue weighted by atomic mass is 9.84. The van der Waals surface area contributed by atoms with Gasteiger partial charge in [0.15, 0.2) is 5.82 Å². The average molecular weight is 465 g/mol. The van der Waals surface area contributed by atoms with Gasteiger partial charge >= 0.3 is 6.09 Å². The van der Waals surface area contributed by atoms with E-state index < -0.39 is 17.2 Å². The lowest BCUT2D eigenvalue weighted by Crippen LogP contribution is -2.61. The zero-order chi connectivity index (χ0) is 23.0. The van der Waals surface area contributed by atoms with Gasteiger partial charge < -0.3 is 21.5 Å². The van der Waals surface area contributed by atoms with Crippen LogP contribution >= 0.6 is 23.4 Å². The summed E-state index contributed by atoms with van der Waals surface area (Å²) in [5.74, 6) is 1.01. The smallest absolute Gasteiger partial charge is 0.408 e. The van der Waals surface area contributed by atoms with Crippen molar-refractivity contribution in [3.05, 3.63) is 29.4 Å². The van der Waals surface area contributed by atoms with Crippen molar-refractivity contribution in [3.8, 4) is 0 Å². The molecule has 0 unspecified atom stereocenters. The summed E-state index contributed by atoms with van der Waals surface area (Å²) < 4.78 is 0. The molecular weight excluding hydrogens is 436 g/mol. The Balaban J connectivity index is 1.72. The molecule has 1 amide bonds. The molecule has 0 spiro atoms. The quantitative estimate of drug-likeness (QED) is 0.562. The number of aromatic nitrogens is 2. The predicted octanol–water partition coefficient (Wildman–Crippen LogP) is 4.58. The van der Waals surface area contributed by atoms with E-state index in [9.17, 15) is 9.90 Å². The minimum absolute atomic E-state index is 0.325. The summed E-state index contributed by atoms with van der Waals surface area (Å²) in [5.41, 5.74) is 11.6. The molecule has 0 bridgehead atoms. The maximum atomic E-state index is 11.9. The van der Waals surface area contributed by atoms with E-state index in [1.165, 1.54) is 11.8 Å². The Morgan fingerprint density at radius 2 is 1.94 bits per heavy atom. The highest BCUT2D eigenvalue weighted by Gasteiger charge is 2.44. The van der Waals surface area contributed by atoms with Crippen LogP contribution in [0.15, 0.2) is 34.3 Å². The van der Waals surface area contributed by atoms with E-state index in [0.29, 0.717) is 53.3 Å². The summed E-state index contributed by atoms with van der Waals surface area (Å²) in [5, 5.41) is 10.9. The van der Waals surface area contributed by atoms with Crippen molar-refractivity contribution in [2.75, 3.05) is 29.5 Å². The Morgan fingerprint density at radius 3 is 2.45 bits per heavy atom. The molecule has 0 aliphatic carbocycles. The second-order valence-corrected chi connectivity index (χ2v) is 10.4. The fraction of sp³-hybridized carbons (Fsp3) is 0.476. The number of anilines is 3. The SMILES string of the molecule is CC(C)(C)N(C(=O)O)C1(C)CCN(c2cnc(Sc3ccc(N)cc3Cl)c(N)n2)CC1. The van der Waals surface area contributed by atoms with E-state index in [1.54, 1.807) is 23.2 Å². The summed E-state index contributed by atoms with van der Waals surface area (Å²) in [7, 11) is 0. The van der Waals surface area contributed by atoms with Crippen LogP contribution in [0.4, 0.5) is 22.1 Å². The Labute approximate surface area is 192 Å². The minimum Gasteiger partial charge on any atom is -0.465 e. The number of carbonyl (C=O) groups is 1. The molecule has 1 fully saturated rings. The molecule has 1 aliphatic rings. The summed E-state index contributed by atoms with van der Waals surface area (Å²) >= 11 is 7.59. The van der Waals surface area contributed by atoms with Crippen LogP contribution in [0.3, 0.4) is 0 Å². The number of hydrogen-bond acceptors (Lipinski definition) is 7. The van der Waals surface area contributed by atoms with E-state index in [0.717, 1.165) is 4.90 Å². The second kappa shape index (κ2) is 8.63. The Morgan fingerprint density at radius 1 is 1.29 bits per heavy atom. The lowest BCUT2D eigenvalue weighted by molar-refractivity contribution is 0.0118. The molecule has 1 aromatic heterocycles. The van der Waals surface area contributed by atoms with Gasteiger partial charge in [0.1, 0.15) is 10.8 Å². The topological polar surface area (TPSA) is 122 Å². The van der Waals surface area contributed by atoms with Crippen LogP contribution in [0.5, 0.6) is 0 Å². The molecular formula is C21H29ClN6O2S. The number of rotatable bonds is 4. The molecule has 10 heteroatoms. The monoisotopic (exact) mass is 464 g/mol. The highest BCUT2D eigenvalue weighted by molar-refractivity contribution is 7.99. The standard InChI is InChI=1S/C21H29ClN6O2S/c1-20(2,3)28(19(29)30)21(4)7-9-27(10-8-21)16-12-25-18(17(24)26-16)31-15-6-5-13(23)11-14(15)22/h5-6,11-12H,7-10,23H2,1-4H3,(H2,24,26)(H,29,30). The van der Waals surface area contributed by atoms with Crippen LogP contribution in [0.1, 0.15) is 40.5 Å². The first-order valence-corrected chi connectivity index (χ1v) is 11.2. The van der Waals surface area contributed by atoms with E-state index in [-0.39, 0.29) is 0 Å². The Bertz CT molecular complexity index is 973. The molecule has 3 rings (SSSR count). The van der Waals surface area contributed by atoms with Gasteiger partial charge in [-0.15, -0.1) is 0 Å². The zero-order valence-corrected chi connectivity index (χ0v) is 19.8. The molecule has 2 heterocycles. The van der Waals surface area contributed by atoms with E-state index >= 15 is 0 Å². The molecule has 168 valence electrons. The third-order valence-corrected chi connectivity index (χ3v) is 6.99. The van der Waals surface area contributed by atoms with Gasteiger partial charge in [0, 0.05) is 34.8 Å². The van der Waals surface area contributed by atoms with Crippen LogP contribution in [0.25, 0.3) is 0 Å². The van der Waals surface area contributed by atoms with Crippen LogP contribution in [-0.4, -0.2) is 50.2 Å². The number of halogens is 1. The fourth-order valence-electron chi connectivity index (χ4n) is 4.09. The number of amides is 1. The molecule has 0 atom stereocenters. The van der Waals surface area contributed by atoms with Crippen LogP contribution in [0, 0.1) is 0 Å². The number of nitrogens with two attached hydrogens (primary N) is 2. The van der Waals surface area contributed by atoms with E-state index in [1.807, 2.05) is 33.8 Å². The van der Waals surface area contributed by atoms with Gasteiger partial charge in [0.25, 0.3) is 0 Å². The first-order chi connectivity index (χ1) is 14.4. The summed E-state index contributed by atoms with van der Waals surface area (Å²) in [6.07, 6.45) is 2.19. The highest BCUT2D eigenvalue weighted by Crippen LogP contribution is 2.38. The second-order valence-electron chi connectivity index (χ2n) is 8.98. The van der Waals surface area contributed by atoms with Crippen LogP contribution in [0.2, 0.25) is 5.02 Å². The Hall–Kier alpha value is -2.39. The molecule has 1 saturated heterocycles. The van der Waals surface area contributed by atoms with Gasteiger partial charge in [-0.2, -0.15) is 0 Å². The van der Waals surface area contributed by atoms with Crippen molar-refractivity contribution in [1.29, 1.82) is 0 Å². The van der Waals surface area contributed by atoms with Crippen molar-refractivity contribution in [2.45, 2.75) is 61.5 Å². The van der Waals surface area contributed by atoms with Gasteiger partial charge in [-0.05, 0) is 58.7 Å². The molecule has 8 nitrogen and oxygen atoms in total. The number of nitrogen functional groups attached to an aromatic ring is 2. The zero-order valence-electron chi connectivity index (χ0n) is 18.2. The Kier molecular flexibility index (Phi) is 6.48. The van der Waals surface area contributed by atoms with E-state index in [2.05, 4.69) is 14.9 Å². The van der Waals surface area contributed by atoms with Gasteiger partial charge in [0.05, 0.1) is 11.2 Å². The first kappa shape index (κ1) is 23.3. The number of nitrogens with zero attached hydrogens (tertiary/aromatic N) is 4. The molecule has 31 heavy (non-hydrogen) atoms. The molecule has 2 aromatic rings. The third-order valence-electron chi connectivity index (χ3n) is 5.48. The van der Waals surface area contributed by atoms with Gasteiger partial charge in [-0.3, -0.25) is 4.90 Å². The van der Waals surface area contributed by atoms with Gasteiger partial charge in [-0.25, -0.2) is 14.8 Å². The average Bonchev–Trinajstić information content (AvgIpc) is 2.64. The van der Waals surface area contributed by atoms with Crippen molar-refractivity contribution >= 4 is 46.8 Å². The summed E-state index contributed by atoms with van der Waals surface area (Å²) in [6, 6.07) is 5.28. The number of hydrogen-bond donors (Lipinski definition) is 3. The van der Waals surface area contributed by atoms with Crippen molar-refractivity contribution in [2.24, 2.45) is 0 Å². The van der Waals surface area contributed by atoms with Gasteiger partial charge in [0.2, 0.25) is 0 Å². The first-order valence-electron chi connectivity index (χ1n) is 10.0. The molecule has 1 aliphatic heterocycles. The highest BCUT2D eigenvalue weighted by atomic mass is 35.5. The number of benzene rings is 1. The van der Waals surface area contributed by atoms with Crippen LogP contribution in [-0.2, 0) is 0 Å². The van der Waals surface area contributed by atoms with Crippen molar-refractivity contribution in [3.63, 3.8) is 0 Å². The van der Waals surface area contributed by atoms with Crippen molar-refractivity contribution < 1.29 is 9.90 Å². The van der Waals surface area contributed by atoms with Gasteiger partial charge in [-0.1, -0.05) is 23.4 Å². The largest absolute Gasteiger partial charge is 0.465 e. The van der Waals surface area contributed by atoms with Crippen LogP contribution < -0.4 is 16.4 Å². The van der Waals surface area contributed by atoms with Crippen molar-refractivity contribution in [1.82, 2.24) is 14.9 Å². The maximum absolute atomic E-state index is 11.9. The molecule has 5 N–H and O–H groups in total. The number of carboxylic acid groups (broad SMARTS) is 1. The predicted molar refractivity (Wildman–Crippen MR) is 126 cm³/mol. The maximum Gasteiger partial charge on any atom is 0.408 e. The molecule has 0 saturated carbocycles. The summed E-state index contributed by atoms with van der Waals surface area (Å²) in [4.78, 5) is 25.4. The normalized spacial score (nSPS) is 16.2. The summed E-state index contributed by atoms with van der Waals surface area (Å²) in [6.45, 7) is 9.12. The van der Waals surface area contributed by atoms with E-state index in [4.69, 9.17) is 23.1 Å². The minimum atomic E-state index is -0.893. The molecule has 0 radical (unpaired) electrons. The molecule has 1 aromatic carbocycles. The number of piperidine rings is 1. The fourth-order valence-corrected chi connectivity index (χ4v) is 5.15. The lowest BCUT2D eigenvalue weighted by Gasteiger charge is -2.51.